The van der Waals surface area contributed by atoms with E-state index in [9.17, 15) is 13.2 Å². The molecule has 0 amide bonds. The largest absolute Gasteiger partial charge is 0.478 e. The van der Waals surface area contributed by atoms with Crippen molar-refractivity contribution in [3.8, 4) is 0 Å². The lowest BCUT2D eigenvalue weighted by molar-refractivity contribution is 0.0696. The molecule has 20 heavy (non-hydrogen) atoms. The number of benzene rings is 1. The molecular weight excluding hydrogens is 282 g/mol. The van der Waals surface area contributed by atoms with Gasteiger partial charge in [-0.3, -0.25) is 0 Å². The van der Waals surface area contributed by atoms with Crippen LogP contribution in [0.1, 0.15) is 23.1 Å². The van der Waals surface area contributed by atoms with Crippen molar-refractivity contribution in [1.29, 1.82) is 0 Å². The van der Waals surface area contributed by atoms with Gasteiger partial charge in [0.1, 0.15) is 17.9 Å². The molecule has 1 N–H and O–H groups in total. The number of carbonyl (C=O) groups is 1. The maximum Gasteiger partial charge on any atom is 0.335 e. The summed E-state index contributed by atoms with van der Waals surface area (Å²) < 4.78 is 25.9. The lowest BCUT2D eigenvalue weighted by Gasteiger charge is -2.05. The van der Waals surface area contributed by atoms with Gasteiger partial charge in [0, 0.05) is 6.54 Å². The summed E-state index contributed by atoms with van der Waals surface area (Å²) in [5.41, 5.74) is 0.0423. The van der Waals surface area contributed by atoms with Gasteiger partial charge in [-0.1, -0.05) is 0 Å². The first-order chi connectivity index (χ1) is 9.44. The molecule has 8 heteroatoms. The normalized spacial score (nSPS) is 11.4. The fraction of sp³-hybridized carbons (Fsp3) is 0.250. The van der Waals surface area contributed by atoms with Crippen LogP contribution in [0.2, 0.25) is 0 Å². The van der Waals surface area contributed by atoms with Gasteiger partial charge in [0.2, 0.25) is 0 Å². The van der Waals surface area contributed by atoms with Crippen LogP contribution in [0.5, 0.6) is 0 Å². The number of nitrogens with zero attached hydrogens (tertiary/aromatic N) is 3. The molecule has 1 aromatic heterocycles. The van der Waals surface area contributed by atoms with Crippen LogP contribution in [-0.2, 0) is 22.1 Å². The number of aromatic nitrogens is 3. The van der Waals surface area contributed by atoms with E-state index >= 15 is 0 Å². The maximum absolute atomic E-state index is 12.2. The molecule has 7 nitrogen and oxygen atoms in total. The van der Waals surface area contributed by atoms with E-state index in [4.69, 9.17) is 5.11 Å². The van der Waals surface area contributed by atoms with Gasteiger partial charge >= 0.3 is 5.97 Å². The topological polar surface area (TPSA) is 102 Å². The second-order valence-electron chi connectivity index (χ2n) is 4.08. The highest BCUT2D eigenvalue weighted by Crippen LogP contribution is 2.16. The second-order valence-corrected chi connectivity index (χ2v) is 6.07. The van der Waals surface area contributed by atoms with Crippen molar-refractivity contribution in [2.45, 2.75) is 24.1 Å². The van der Waals surface area contributed by atoms with Crippen molar-refractivity contribution in [3.63, 3.8) is 0 Å². The first kappa shape index (κ1) is 14.2. The molecule has 0 radical (unpaired) electrons. The van der Waals surface area contributed by atoms with E-state index in [1.165, 1.54) is 35.3 Å². The van der Waals surface area contributed by atoms with Gasteiger partial charge in [0.15, 0.2) is 9.84 Å². The highest BCUT2D eigenvalue weighted by Gasteiger charge is 2.19. The third-order valence-electron chi connectivity index (χ3n) is 2.77. The van der Waals surface area contributed by atoms with Gasteiger partial charge in [0.05, 0.1) is 10.5 Å². The Balaban J connectivity index is 2.28. The zero-order valence-corrected chi connectivity index (χ0v) is 11.5. The molecule has 0 saturated heterocycles. The second kappa shape index (κ2) is 5.41. The van der Waals surface area contributed by atoms with Gasteiger partial charge in [-0.15, -0.1) is 0 Å². The number of aromatic carboxylic acids is 1. The molecular formula is C12H13N3O4S. The van der Waals surface area contributed by atoms with E-state index in [2.05, 4.69) is 10.1 Å². The van der Waals surface area contributed by atoms with E-state index in [1.807, 2.05) is 6.92 Å². The van der Waals surface area contributed by atoms with Gasteiger partial charge in [-0.2, -0.15) is 5.10 Å². The number of hydrogen-bond acceptors (Lipinski definition) is 5. The molecule has 0 bridgehead atoms. The standard InChI is InChI=1S/C12H13N3O4S/c1-2-15-11(13-8-14-15)7-20(18,19)10-5-3-9(4-6-10)12(16)17/h3-6,8H,2,7H2,1H3,(H,16,17). The molecule has 0 saturated carbocycles. The van der Waals surface area contributed by atoms with Gasteiger partial charge in [0.25, 0.3) is 0 Å². The van der Waals surface area contributed by atoms with Gasteiger partial charge in [-0.25, -0.2) is 22.9 Å². The van der Waals surface area contributed by atoms with Crippen molar-refractivity contribution < 1.29 is 18.3 Å². The van der Waals surface area contributed by atoms with E-state index in [0.717, 1.165) is 0 Å². The van der Waals surface area contributed by atoms with Crippen LogP contribution in [0.3, 0.4) is 0 Å². The lowest BCUT2D eigenvalue weighted by Crippen LogP contribution is -2.11. The Morgan fingerprint density at radius 1 is 1.30 bits per heavy atom. The summed E-state index contributed by atoms with van der Waals surface area (Å²) in [4.78, 5) is 14.7. The van der Waals surface area contributed by atoms with E-state index < -0.39 is 15.8 Å². The van der Waals surface area contributed by atoms with E-state index in [1.54, 1.807) is 0 Å². The molecule has 0 atom stereocenters. The smallest absolute Gasteiger partial charge is 0.335 e. The Hall–Kier alpha value is -2.22. The van der Waals surface area contributed by atoms with Gasteiger partial charge in [-0.05, 0) is 31.2 Å². The minimum atomic E-state index is -3.57. The summed E-state index contributed by atoms with van der Waals surface area (Å²) in [6.45, 7) is 2.37. The van der Waals surface area contributed by atoms with Crippen LogP contribution in [0.4, 0.5) is 0 Å². The van der Waals surface area contributed by atoms with Crippen molar-refractivity contribution in [1.82, 2.24) is 14.8 Å². The van der Waals surface area contributed by atoms with Crippen LogP contribution in [0.15, 0.2) is 35.5 Å². The lowest BCUT2D eigenvalue weighted by atomic mass is 10.2. The molecule has 0 spiro atoms. The fourth-order valence-corrected chi connectivity index (χ4v) is 3.00. The quantitative estimate of drug-likeness (QED) is 0.881. The highest BCUT2D eigenvalue weighted by molar-refractivity contribution is 7.90. The monoisotopic (exact) mass is 295 g/mol. The van der Waals surface area contributed by atoms with Crippen LogP contribution in [-0.4, -0.2) is 34.3 Å². The zero-order valence-electron chi connectivity index (χ0n) is 10.7. The third kappa shape index (κ3) is 2.85. The molecule has 1 heterocycles. The fourth-order valence-electron chi connectivity index (χ4n) is 1.72. The van der Waals surface area contributed by atoms with Crippen LogP contribution in [0, 0.1) is 0 Å². The van der Waals surface area contributed by atoms with E-state index in [-0.39, 0.29) is 16.2 Å². The number of rotatable bonds is 5. The molecule has 106 valence electrons. The molecule has 2 rings (SSSR count). The van der Waals surface area contributed by atoms with Crippen LogP contribution < -0.4 is 0 Å². The predicted molar refractivity (Wildman–Crippen MR) is 70.0 cm³/mol. The molecule has 0 aliphatic rings. The summed E-state index contributed by atoms with van der Waals surface area (Å²) in [5.74, 6) is -1.01. The van der Waals surface area contributed by atoms with Crippen LogP contribution in [0.25, 0.3) is 0 Å². The molecule has 0 unspecified atom stereocenters. The number of sulfone groups is 1. The van der Waals surface area contributed by atoms with Crippen molar-refractivity contribution in [3.05, 3.63) is 42.0 Å². The summed E-state index contributed by atoms with van der Waals surface area (Å²) in [5, 5.41) is 12.7. The third-order valence-corrected chi connectivity index (χ3v) is 4.40. The minimum absolute atomic E-state index is 0.0423. The first-order valence-corrected chi connectivity index (χ1v) is 7.52. The van der Waals surface area contributed by atoms with Crippen molar-refractivity contribution in [2.75, 3.05) is 0 Å². The number of hydrogen-bond donors (Lipinski definition) is 1. The Morgan fingerprint density at radius 2 is 1.95 bits per heavy atom. The molecule has 0 fully saturated rings. The number of carboxylic acid groups (broad SMARTS) is 1. The SMILES string of the molecule is CCn1ncnc1CS(=O)(=O)c1ccc(C(=O)O)cc1. The minimum Gasteiger partial charge on any atom is -0.478 e. The Kier molecular flexibility index (Phi) is 3.84. The van der Waals surface area contributed by atoms with E-state index in [0.29, 0.717) is 12.4 Å². The molecule has 0 aliphatic heterocycles. The average Bonchev–Trinajstić information content (AvgIpc) is 2.85. The zero-order chi connectivity index (χ0) is 14.8. The summed E-state index contributed by atoms with van der Waals surface area (Å²) in [6.07, 6.45) is 1.31. The molecule has 0 aliphatic carbocycles. The highest BCUT2D eigenvalue weighted by atomic mass is 32.2. The summed E-state index contributed by atoms with van der Waals surface area (Å²) in [7, 11) is -3.57. The Morgan fingerprint density at radius 3 is 2.50 bits per heavy atom. The summed E-state index contributed by atoms with van der Waals surface area (Å²) >= 11 is 0. The van der Waals surface area contributed by atoms with Crippen molar-refractivity contribution in [2.24, 2.45) is 0 Å². The molecule has 2 aromatic rings. The predicted octanol–water partition coefficient (Wildman–Crippen LogP) is 0.970. The summed E-state index contributed by atoms with van der Waals surface area (Å²) in [6, 6.07) is 5.09. The van der Waals surface area contributed by atoms with Gasteiger partial charge < -0.3 is 5.11 Å². The van der Waals surface area contributed by atoms with Crippen molar-refractivity contribution >= 4 is 15.8 Å². The first-order valence-electron chi connectivity index (χ1n) is 5.87. The molecule has 1 aromatic carbocycles. The number of aryl methyl sites for hydroxylation is 1. The Bertz CT molecular complexity index is 719. The maximum atomic E-state index is 12.2. The average molecular weight is 295 g/mol. The Labute approximate surface area is 115 Å². The number of carboxylic acids is 1. The van der Waals surface area contributed by atoms with Crippen LogP contribution >= 0.6 is 0 Å².